The van der Waals surface area contributed by atoms with E-state index in [1.165, 1.54) is 32.1 Å². The molecule has 100 valence electrons. The fraction of sp³-hybridized carbons (Fsp3) is 1.00. The molecule has 2 rings (SSSR count). The van der Waals surface area contributed by atoms with Crippen LogP contribution in [0.25, 0.3) is 0 Å². The number of nitrogens with one attached hydrogen (secondary N) is 1. The van der Waals surface area contributed by atoms with Crippen molar-refractivity contribution in [3.8, 4) is 0 Å². The second-order valence-corrected chi connectivity index (χ2v) is 6.32. The summed E-state index contributed by atoms with van der Waals surface area (Å²) in [5.74, 6) is 2.52. The monoisotopic (exact) mass is 239 g/mol. The van der Waals surface area contributed by atoms with Crippen LogP contribution in [0.3, 0.4) is 0 Å². The molecule has 2 heteroatoms. The van der Waals surface area contributed by atoms with Gasteiger partial charge in [-0.2, -0.15) is 0 Å². The Morgan fingerprint density at radius 3 is 2.18 bits per heavy atom. The maximum Gasteiger partial charge on any atom is 0.0469 e. The molecule has 2 nitrogen and oxygen atoms in total. The molecule has 3 atom stereocenters. The molecule has 17 heavy (non-hydrogen) atoms. The van der Waals surface area contributed by atoms with Crippen LogP contribution in [0, 0.1) is 17.8 Å². The van der Waals surface area contributed by atoms with Gasteiger partial charge in [0.25, 0.3) is 0 Å². The summed E-state index contributed by atoms with van der Waals surface area (Å²) in [7, 11) is 0. The molecular weight excluding hydrogens is 210 g/mol. The minimum atomic E-state index is 0.659. The largest absolute Gasteiger partial charge is 0.381 e. The summed E-state index contributed by atoms with van der Waals surface area (Å²) >= 11 is 0. The van der Waals surface area contributed by atoms with Gasteiger partial charge in [0.15, 0.2) is 0 Å². The average Bonchev–Trinajstić information content (AvgIpc) is 2.35. The molecule has 1 aliphatic carbocycles. The minimum Gasteiger partial charge on any atom is -0.381 e. The summed E-state index contributed by atoms with van der Waals surface area (Å²) in [6.45, 7) is 9.15. The first-order valence-corrected chi connectivity index (χ1v) is 7.52. The smallest absolute Gasteiger partial charge is 0.0469 e. The van der Waals surface area contributed by atoms with E-state index in [0.29, 0.717) is 6.04 Å². The molecule has 0 spiro atoms. The first-order valence-electron chi connectivity index (χ1n) is 7.52. The minimum absolute atomic E-state index is 0.659. The lowest BCUT2D eigenvalue weighted by molar-refractivity contribution is 0.0498. The van der Waals surface area contributed by atoms with Gasteiger partial charge in [-0.1, -0.05) is 20.3 Å². The second kappa shape index (κ2) is 6.19. The lowest BCUT2D eigenvalue weighted by Gasteiger charge is -2.39. The number of ether oxygens (including phenoxy) is 1. The summed E-state index contributed by atoms with van der Waals surface area (Å²) < 4.78 is 5.45. The highest BCUT2D eigenvalue weighted by Gasteiger charge is 2.30. The van der Waals surface area contributed by atoms with Crippen LogP contribution in [0.4, 0.5) is 0 Å². The molecule has 1 N–H and O–H groups in total. The topological polar surface area (TPSA) is 21.3 Å². The molecule has 1 saturated carbocycles. The van der Waals surface area contributed by atoms with E-state index in [0.717, 1.165) is 37.0 Å². The van der Waals surface area contributed by atoms with Crippen LogP contribution in [0.1, 0.15) is 52.9 Å². The molecule has 1 heterocycles. The van der Waals surface area contributed by atoms with Gasteiger partial charge in [-0.05, 0) is 50.4 Å². The predicted octanol–water partition coefficient (Wildman–Crippen LogP) is 3.22. The average molecular weight is 239 g/mol. The predicted molar refractivity (Wildman–Crippen MR) is 72.1 cm³/mol. The quantitative estimate of drug-likeness (QED) is 0.816. The van der Waals surface area contributed by atoms with Crippen molar-refractivity contribution in [1.82, 2.24) is 5.32 Å². The molecule has 2 fully saturated rings. The van der Waals surface area contributed by atoms with Crippen LogP contribution in [-0.4, -0.2) is 25.3 Å². The van der Waals surface area contributed by atoms with Crippen LogP contribution < -0.4 is 5.32 Å². The van der Waals surface area contributed by atoms with Crippen LogP contribution in [-0.2, 0) is 4.74 Å². The van der Waals surface area contributed by atoms with Crippen LogP contribution in [0.2, 0.25) is 0 Å². The van der Waals surface area contributed by atoms with E-state index in [-0.39, 0.29) is 0 Å². The summed E-state index contributed by atoms with van der Waals surface area (Å²) in [5, 5.41) is 3.93. The Bertz CT molecular complexity index is 215. The number of rotatable bonds is 3. The van der Waals surface area contributed by atoms with Crippen LogP contribution >= 0.6 is 0 Å². The van der Waals surface area contributed by atoms with E-state index in [1.807, 2.05) is 0 Å². The first kappa shape index (κ1) is 13.4. The molecule has 1 aliphatic heterocycles. The summed E-state index contributed by atoms with van der Waals surface area (Å²) in [4.78, 5) is 0. The zero-order valence-corrected chi connectivity index (χ0v) is 11.7. The lowest BCUT2D eigenvalue weighted by atomic mass is 9.77. The third kappa shape index (κ3) is 3.45. The molecule has 0 aromatic heterocycles. The van der Waals surface area contributed by atoms with E-state index in [4.69, 9.17) is 4.74 Å². The third-order valence-electron chi connectivity index (χ3n) is 4.97. The lowest BCUT2D eigenvalue weighted by Crippen LogP contribution is -2.49. The van der Waals surface area contributed by atoms with Gasteiger partial charge in [-0.15, -0.1) is 0 Å². The molecule has 1 saturated heterocycles. The molecule has 2 aliphatic rings. The van der Waals surface area contributed by atoms with Crippen molar-refractivity contribution in [2.45, 2.75) is 65.0 Å². The van der Waals surface area contributed by atoms with Gasteiger partial charge in [0.2, 0.25) is 0 Å². The Labute approximate surface area is 107 Å². The van der Waals surface area contributed by atoms with Gasteiger partial charge in [0, 0.05) is 25.3 Å². The number of hydrogen-bond acceptors (Lipinski definition) is 2. The van der Waals surface area contributed by atoms with E-state index >= 15 is 0 Å². The van der Waals surface area contributed by atoms with Crippen molar-refractivity contribution >= 4 is 0 Å². The maximum absolute atomic E-state index is 5.45. The highest BCUT2D eigenvalue weighted by Crippen LogP contribution is 2.30. The summed E-state index contributed by atoms with van der Waals surface area (Å²) in [5.41, 5.74) is 0. The normalized spacial score (nSPS) is 37.9. The Balaban J connectivity index is 1.85. The third-order valence-corrected chi connectivity index (χ3v) is 4.97. The Morgan fingerprint density at radius 1 is 1.00 bits per heavy atom. The Hall–Kier alpha value is -0.0800. The zero-order chi connectivity index (χ0) is 12.3. The molecule has 0 aromatic carbocycles. The van der Waals surface area contributed by atoms with Crippen LogP contribution in [0.15, 0.2) is 0 Å². The molecule has 0 amide bonds. The molecule has 0 aromatic rings. The summed E-state index contributed by atoms with van der Waals surface area (Å²) in [6, 6.07) is 1.40. The fourth-order valence-corrected chi connectivity index (χ4v) is 3.67. The first-order chi connectivity index (χ1) is 8.18. The van der Waals surface area contributed by atoms with Gasteiger partial charge in [0.1, 0.15) is 0 Å². The van der Waals surface area contributed by atoms with Crippen molar-refractivity contribution in [2.24, 2.45) is 17.8 Å². The summed E-state index contributed by atoms with van der Waals surface area (Å²) in [6.07, 6.45) is 6.71. The highest BCUT2D eigenvalue weighted by atomic mass is 16.5. The van der Waals surface area contributed by atoms with Crippen LogP contribution in [0.5, 0.6) is 0 Å². The number of hydrogen-bond donors (Lipinski definition) is 1. The SMILES string of the molecule is CC1CCCC(C)C1NC(C)C1CCOCC1. The van der Waals surface area contributed by atoms with E-state index in [1.54, 1.807) is 0 Å². The Morgan fingerprint density at radius 2 is 1.59 bits per heavy atom. The van der Waals surface area contributed by atoms with Gasteiger partial charge < -0.3 is 10.1 Å². The van der Waals surface area contributed by atoms with Gasteiger partial charge in [-0.3, -0.25) is 0 Å². The fourth-order valence-electron chi connectivity index (χ4n) is 3.67. The molecule has 3 unspecified atom stereocenters. The maximum atomic E-state index is 5.45. The Kier molecular flexibility index (Phi) is 4.87. The standard InChI is InChI=1S/C15H29NO/c1-11-5-4-6-12(2)15(11)16-13(3)14-7-9-17-10-8-14/h11-16H,4-10H2,1-3H3. The van der Waals surface area contributed by atoms with Crippen molar-refractivity contribution in [1.29, 1.82) is 0 Å². The highest BCUT2D eigenvalue weighted by molar-refractivity contribution is 4.87. The molecule has 0 bridgehead atoms. The molecular formula is C15H29NO. The second-order valence-electron chi connectivity index (χ2n) is 6.32. The van der Waals surface area contributed by atoms with Crippen molar-refractivity contribution in [3.63, 3.8) is 0 Å². The van der Waals surface area contributed by atoms with Crippen molar-refractivity contribution in [2.75, 3.05) is 13.2 Å². The van der Waals surface area contributed by atoms with E-state index < -0.39 is 0 Å². The van der Waals surface area contributed by atoms with Crippen molar-refractivity contribution in [3.05, 3.63) is 0 Å². The van der Waals surface area contributed by atoms with Gasteiger partial charge >= 0.3 is 0 Å². The van der Waals surface area contributed by atoms with E-state index in [2.05, 4.69) is 26.1 Å². The van der Waals surface area contributed by atoms with Gasteiger partial charge in [0.05, 0.1) is 0 Å². The van der Waals surface area contributed by atoms with E-state index in [9.17, 15) is 0 Å². The molecule has 0 radical (unpaired) electrons. The zero-order valence-electron chi connectivity index (χ0n) is 11.7. The van der Waals surface area contributed by atoms with Gasteiger partial charge in [-0.25, -0.2) is 0 Å². The van der Waals surface area contributed by atoms with Crippen molar-refractivity contribution < 1.29 is 4.74 Å².